The molecule has 0 aliphatic rings. The van der Waals surface area contributed by atoms with Gasteiger partial charge in [0.25, 0.3) is 0 Å². The van der Waals surface area contributed by atoms with Gasteiger partial charge in [-0.1, -0.05) is 60.1 Å². The van der Waals surface area contributed by atoms with Crippen molar-refractivity contribution in [3.05, 3.63) is 70.7 Å². The lowest BCUT2D eigenvalue weighted by Crippen LogP contribution is -2.11. The molecule has 1 atom stereocenters. The maximum absolute atomic E-state index is 6.13. The van der Waals surface area contributed by atoms with E-state index < -0.39 is 0 Å². The Kier molecular flexibility index (Phi) is 3.05. The average Bonchev–Trinajstić information content (AvgIpc) is 2.30. The Morgan fingerprint density at radius 1 is 0.867 bits per heavy atom. The SMILES string of the molecule is NC(c1ccccc1)c1ccccc1Cl. The van der Waals surface area contributed by atoms with Crippen LogP contribution in [0, 0.1) is 0 Å². The van der Waals surface area contributed by atoms with Crippen LogP contribution in [0.5, 0.6) is 0 Å². The third kappa shape index (κ3) is 2.20. The number of rotatable bonds is 2. The molecule has 2 aromatic carbocycles. The highest BCUT2D eigenvalue weighted by Crippen LogP contribution is 2.25. The highest BCUT2D eigenvalue weighted by atomic mass is 35.5. The van der Waals surface area contributed by atoms with Gasteiger partial charge in [0, 0.05) is 5.02 Å². The van der Waals surface area contributed by atoms with Crippen LogP contribution >= 0.6 is 11.6 Å². The molecule has 1 nitrogen and oxygen atoms in total. The van der Waals surface area contributed by atoms with Crippen molar-refractivity contribution in [2.45, 2.75) is 6.04 Å². The summed E-state index contributed by atoms with van der Waals surface area (Å²) in [5.74, 6) is 0. The first-order valence-electron chi connectivity index (χ1n) is 4.84. The molecule has 15 heavy (non-hydrogen) atoms. The molecule has 0 saturated carbocycles. The minimum Gasteiger partial charge on any atom is -0.320 e. The molecule has 0 aromatic heterocycles. The van der Waals surface area contributed by atoms with Gasteiger partial charge in [0.05, 0.1) is 6.04 Å². The van der Waals surface area contributed by atoms with Crippen LogP contribution in [0.1, 0.15) is 17.2 Å². The van der Waals surface area contributed by atoms with Crippen molar-refractivity contribution >= 4 is 11.6 Å². The fourth-order valence-electron chi connectivity index (χ4n) is 1.57. The third-order valence-electron chi connectivity index (χ3n) is 2.40. The maximum Gasteiger partial charge on any atom is 0.0566 e. The van der Waals surface area contributed by atoms with Crippen molar-refractivity contribution in [1.82, 2.24) is 0 Å². The Labute approximate surface area is 94.5 Å². The van der Waals surface area contributed by atoms with E-state index in [0.717, 1.165) is 11.1 Å². The summed E-state index contributed by atoms with van der Waals surface area (Å²) in [6.07, 6.45) is 0. The van der Waals surface area contributed by atoms with E-state index in [1.165, 1.54) is 0 Å². The van der Waals surface area contributed by atoms with Crippen molar-refractivity contribution in [3.63, 3.8) is 0 Å². The molecule has 2 heteroatoms. The third-order valence-corrected chi connectivity index (χ3v) is 2.74. The second-order valence-electron chi connectivity index (χ2n) is 3.41. The number of halogens is 1. The molecule has 2 rings (SSSR count). The number of hydrogen-bond donors (Lipinski definition) is 1. The molecule has 0 spiro atoms. The zero-order valence-electron chi connectivity index (χ0n) is 8.23. The molecule has 2 N–H and O–H groups in total. The Morgan fingerprint density at radius 2 is 1.47 bits per heavy atom. The van der Waals surface area contributed by atoms with E-state index in [9.17, 15) is 0 Å². The molecule has 1 unspecified atom stereocenters. The minimum atomic E-state index is -0.153. The van der Waals surface area contributed by atoms with Gasteiger partial charge < -0.3 is 5.73 Å². The van der Waals surface area contributed by atoms with Gasteiger partial charge in [-0.25, -0.2) is 0 Å². The summed E-state index contributed by atoms with van der Waals surface area (Å²) >= 11 is 6.09. The van der Waals surface area contributed by atoms with Crippen molar-refractivity contribution in [2.75, 3.05) is 0 Å². The van der Waals surface area contributed by atoms with E-state index in [0.29, 0.717) is 5.02 Å². The second-order valence-corrected chi connectivity index (χ2v) is 3.82. The summed E-state index contributed by atoms with van der Waals surface area (Å²) < 4.78 is 0. The summed E-state index contributed by atoms with van der Waals surface area (Å²) in [4.78, 5) is 0. The van der Waals surface area contributed by atoms with Crippen LogP contribution < -0.4 is 5.73 Å². The highest BCUT2D eigenvalue weighted by molar-refractivity contribution is 6.31. The van der Waals surface area contributed by atoms with Crippen LogP contribution in [0.3, 0.4) is 0 Å². The van der Waals surface area contributed by atoms with Gasteiger partial charge in [0.15, 0.2) is 0 Å². The fraction of sp³-hybridized carbons (Fsp3) is 0.0769. The van der Waals surface area contributed by atoms with Crippen molar-refractivity contribution in [1.29, 1.82) is 0 Å². The topological polar surface area (TPSA) is 26.0 Å². The predicted octanol–water partition coefficient (Wildman–Crippen LogP) is 3.39. The predicted molar refractivity (Wildman–Crippen MR) is 63.9 cm³/mol. The van der Waals surface area contributed by atoms with E-state index in [4.69, 9.17) is 17.3 Å². The summed E-state index contributed by atoms with van der Waals surface area (Å²) in [6.45, 7) is 0. The van der Waals surface area contributed by atoms with Gasteiger partial charge in [0.2, 0.25) is 0 Å². The maximum atomic E-state index is 6.13. The van der Waals surface area contributed by atoms with Gasteiger partial charge in [-0.15, -0.1) is 0 Å². The molecular weight excluding hydrogens is 206 g/mol. The molecule has 0 fully saturated rings. The van der Waals surface area contributed by atoms with Gasteiger partial charge in [-0.2, -0.15) is 0 Å². The fourth-order valence-corrected chi connectivity index (χ4v) is 1.82. The number of hydrogen-bond acceptors (Lipinski definition) is 1. The Bertz CT molecular complexity index is 439. The zero-order valence-corrected chi connectivity index (χ0v) is 8.98. The van der Waals surface area contributed by atoms with Crippen LogP contribution in [0.15, 0.2) is 54.6 Å². The molecule has 0 amide bonds. The smallest absolute Gasteiger partial charge is 0.0566 e. The standard InChI is InChI=1S/C13H12ClN/c14-12-9-5-4-8-11(12)13(15)10-6-2-1-3-7-10/h1-9,13H,15H2. The molecule has 0 heterocycles. The lowest BCUT2D eigenvalue weighted by Gasteiger charge is -2.13. The van der Waals surface area contributed by atoms with E-state index in [-0.39, 0.29) is 6.04 Å². The molecular formula is C13H12ClN. The van der Waals surface area contributed by atoms with Gasteiger partial charge >= 0.3 is 0 Å². The summed E-state index contributed by atoms with van der Waals surface area (Å²) in [7, 11) is 0. The van der Waals surface area contributed by atoms with Crippen LogP contribution in [0.25, 0.3) is 0 Å². The highest BCUT2D eigenvalue weighted by Gasteiger charge is 2.10. The van der Waals surface area contributed by atoms with Crippen LogP contribution in [-0.2, 0) is 0 Å². The summed E-state index contributed by atoms with van der Waals surface area (Å²) in [5.41, 5.74) is 8.17. The van der Waals surface area contributed by atoms with Crippen LogP contribution in [-0.4, -0.2) is 0 Å². The monoisotopic (exact) mass is 217 g/mol. The molecule has 0 radical (unpaired) electrons. The quantitative estimate of drug-likeness (QED) is 0.820. The first-order valence-corrected chi connectivity index (χ1v) is 5.22. The van der Waals surface area contributed by atoms with E-state index in [1.807, 2.05) is 54.6 Å². The molecule has 0 saturated heterocycles. The van der Waals surface area contributed by atoms with Crippen LogP contribution in [0.4, 0.5) is 0 Å². The molecule has 76 valence electrons. The van der Waals surface area contributed by atoms with Gasteiger partial charge in [0.1, 0.15) is 0 Å². The van der Waals surface area contributed by atoms with Crippen molar-refractivity contribution < 1.29 is 0 Å². The number of nitrogens with two attached hydrogens (primary N) is 1. The lowest BCUT2D eigenvalue weighted by atomic mass is 10.00. The van der Waals surface area contributed by atoms with E-state index >= 15 is 0 Å². The summed E-state index contributed by atoms with van der Waals surface area (Å²) in [5, 5.41) is 0.717. The lowest BCUT2D eigenvalue weighted by molar-refractivity contribution is 0.872. The van der Waals surface area contributed by atoms with Crippen molar-refractivity contribution in [3.8, 4) is 0 Å². The molecule has 0 aliphatic heterocycles. The normalized spacial score (nSPS) is 12.4. The summed E-state index contributed by atoms with van der Waals surface area (Å²) in [6, 6.07) is 17.5. The van der Waals surface area contributed by atoms with Crippen LogP contribution in [0.2, 0.25) is 5.02 Å². The second kappa shape index (κ2) is 4.47. The Hall–Kier alpha value is -1.31. The number of benzene rings is 2. The minimum absolute atomic E-state index is 0.153. The Morgan fingerprint density at radius 3 is 2.13 bits per heavy atom. The molecule has 0 bridgehead atoms. The van der Waals surface area contributed by atoms with Gasteiger partial charge in [-0.05, 0) is 17.2 Å². The first kappa shape index (κ1) is 10.2. The molecule has 2 aromatic rings. The largest absolute Gasteiger partial charge is 0.320 e. The van der Waals surface area contributed by atoms with Gasteiger partial charge in [-0.3, -0.25) is 0 Å². The Balaban J connectivity index is 2.37. The van der Waals surface area contributed by atoms with E-state index in [1.54, 1.807) is 0 Å². The van der Waals surface area contributed by atoms with E-state index in [2.05, 4.69) is 0 Å². The first-order chi connectivity index (χ1) is 7.29. The molecule has 0 aliphatic carbocycles. The van der Waals surface area contributed by atoms with Crippen molar-refractivity contribution in [2.24, 2.45) is 5.73 Å². The average molecular weight is 218 g/mol. The zero-order chi connectivity index (χ0) is 10.7.